The first-order valence-electron chi connectivity index (χ1n) is 6.20. The van der Waals surface area contributed by atoms with Crippen LogP contribution in [0.15, 0.2) is 41.5 Å². The second-order valence-electron chi connectivity index (χ2n) is 4.33. The number of amides is 1. The number of nitrogens with one attached hydrogen (secondary N) is 1. The molecule has 0 aliphatic heterocycles. The van der Waals surface area contributed by atoms with Crippen LogP contribution in [0.1, 0.15) is 5.56 Å². The minimum Gasteiger partial charge on any atom is -0.475 e. The Morgan fingerprint density at radius 3 is 2.12 bits per heavy atom. The molecule has 0 heterocycles. The molecule has 1 amide bonds. The van der Waals surface area contributed by atoms with Crippen LogP contribution in [0.5, 0.6) is 0 Å². The second-order valence-corrected chi connectivity index (χ2v) is 4.33. The summed E-state index contributed by atoms with van der Waals surface area (Å²) in [7, 11) is 0. The fraction of sp³-hybridized carbons (Fsp3) is 0.0714. The molecule has 0 bridgehead atoms. The molecule has 0 spiro atoms. The van der Waals surface area contributed by atoms with E-state index in [1.54, 1.807) is 18.3 Å². The number of carboxylic acid groups (broad SMARTS) is 2. The number of halogens is 3. The van der Waals surface area contributed by atoms with Crippen molar-refractivity contribution in [2.24, 2.45) is 10.9 Å². The quantitative estimate of drug-likeness (QED) is 0.379. The average Bonchev–Trinajstić information content (AvgIpc) is 2.47. The van der Waals surface area contributed by atoms with E-state index in [0.29, 0.717) is 5.69 Å². The van der Waals surface area contributed by atoms with Gasteiger partial charge < -0.3 is 16.1 Å². The summed E-state index contributed by atoms with van der Waals surface area (Å²) in [5.41, 5.74) is 1.45. The van der Waals surface area contributed by atoms with Gasteiger partial charge in [0.2, 0.25) is 0 Å². The third kappa shape index (κ3) is 5.83. The molecule has 0 fully saturated rings. The van der Waals surface area contributed by atoms with Gasteiger partial charge in [-0.25, -0.2) is 9.59 Å². The van der Waals surface area contributed by atoms with Crippen LogP contribution in [0.4, 0.5) is 23.7 Å². The SMILES string of the molecule is NN=Cc1ccc2cc(NC(=O)O)ccc2c1.O=C(O)C(F)(F)F. The van der Waals surface area contributed by atoms with Crippen LogP contribution in [-0.4, -0.2) is 34.7 Å². The average molecular weight is 343 g/mol. The zero-order valence-electron chi connectivity index (χ0n) is 11.9. The molecule has 0 radical (unpaired) electrons. The van der Waals surface area contributed by atoms with Crippen molar-refractivity contribution in [1.29, 1.82) is 0 Å². The first kappa shape index (κ1) is 18.7. The smallest absolute Gasteiger partial charge is 0.475 e. The number of rotatable bonds is 2. The van der Waals surface area contributed by atoms with E-state index in [1.165, 1.54) is 0 Å². The monoisotopic (exact) mass is 343 g/mol. The highest BCUT2D eigenvalue weighted by molar-refractivity contribution is 5.94. The van der Waals surface area contributed by atoms with E-state index in [2.05, 4.69) is 10.4 Å². The number of alkyl halides is 3. The molecule has 2 aromatic rings. The van der Waals surface area contributed by atoms with Crippen LogP contribution in [0, 0.1) is 0 Å². The van der Waals surface area contributed by atoms with E-state index in [0.717, 1.165) is 16.3 Å². The molecular weight excluding hydrogens is 331 g/mol. The third-order valence-electron chi connectivity index (χ3n) is 2.58. The maximum absolute atomic E-state index is 10.6. The van der Waals surface area contributed by atoms with Crippen molar-refractivity contribution in [1.82, 2.24) is 0 Å². The van der Waals surface area contributed by atoms with Crippen LogP contribution in [-0.2, 0) is 4.79 Å². The van der Waals surface area contributed by atoms with Crippen molar-refractivity contribution < 1.29 is 33.0 Å². The van der Waals surface area contributed by atoms with E-state index in [1.807, 2.05) is 24.3 Å². The largest absolute Gasteiger partial charge is 0.490 e. The number of hydrogen-bond donors (Lipinski definition) is 4. The summed E-state index contributed by atoms with van der Waals surface area (Å²) in [5.74, 6) is 2.32. The van der Waals surface area contributed by atoms with Crippen molar-refractivity contribution in [3.8, 4) is 0 Å². The number of nitrogens with two attached hydrogens (primary N) is 1. The van der Waals surface area contributed by atoms with Crippen molar-refractivity contribution in [2.75, 3.05) is 5.32 Å². The van der Waals surface area contributed by atoms with Gasteiger partial charge in [0.1, 0.15) is 0 Å². The number of hydrazone groups is 1. The van der Waals surface area contributed by atoms with Gasteiger partial charge in [-0.15, -0.1) is 0 Å². The molecule has 0 atom stereocenters. The molecule has 5 N–H and O–H groups in total. The Balaban J connectivity index is 0.000000351. The minimum atomic E-state index is -5.08. The highest BCUT2D eigenvalue weighted by Gasteiger charge is 2.38. The zero-order valence-corrected chi connectivity index (χ0v) is 11.9. The summed E-state index contributed by atoms with van der Waals surface area (Å²) in [5, 5.41) is 23.4. The summed E-state index contributed by atoms with van der Waals surface area (Å²) < 4.78 is 31.7. The Morgan fingerprint density at radius 2 is 1.62 bits per heavy atom. The van der Waals surface area contributed by atoms with Gasteiger partial charge in [-0.1, -0.05) is 18.2 Å². The molecule has 0 saturated heterocycles. The highest BCUT2D eigenvalue weighted by Crippen LogP contribution is 2.20. The lowest BCUT2D eigenvalue weighted by atomic mass is 10.1. The Labute approximate surface area is 133 Å². The zero-order chi connectivity index (χ0) is 18.3. The third-order valence-corrected chi connectivity index (χ3v) is 2.58. The lowest BCUT2D eigenvalue weighted by Gasteiger charge is -2.04. The predicted octanol–water partition coefficient (Wildman–Crippen LogP) is 2.86. The topological polar surface area (TPSA) is 125 Å². The van der Waals surface area contributed by atoms with Gasteiger partial charge in [-0.05, 0) is 34.5 Å². The first-order valence-corrected chi connectivity index (χ1v) is 6.20. The fourth-order valence-electron chi connectivity index (χ4n) is 1.63. The lowest BCUT2D eigenvalue weighted by Crippen LogP contribution is -2.21. The van der Waals surface area contributed by atoms with E-state index >= 15 is 0 Å². The van der Waals surface area contributed by atoms with Crippen LogP contribution >= 0.6 is 0 Å². The molecule has 7 nitrogen and oxygen atoms in total. The number of hydrogen-bond acceptors (Lipinski definition) is 4. The number of aliphatic carboxylic acids is 1. The van der Waals surface area contributed by atoms with Crippen molar-refractivity contribution in [2.45, 2.75) is 6.18 Å². The van der Waals surface area contributed by atoms with Gasteiger partial charge in [0.05, 0.1) is 6.21 Å². The highest BCUT2D eigenvalue weighted by atomic mass is 19.4. The normalized spacial score (nSPS) is 11.0. The maximum Gasteiger partial charge on any atom is 0.490 e. The summed E-state index contributed by atoms with van der Waals surface area (Å²) in [6, 6.07) is 11.0. The summed E-state index contributed by atoms with van der Waals surface area (Å²) in [4.78, 5) is 19.4. The van der Waals surface area contributed by atoms with Gasteiger partial charge in [-0.2, -0.15) is 18.3 Å². The fourth-order valence-corrected chi connectivity index (χ4v) is 1.63. The van der Waals surface area contributed by atoms with E-state index < -0.39 is 18.2 Å². The standard InChI is InChI=1S/C12H11N3O2.C2HF3O2/c13-14-7-8-1-2-10-6-11(15-12(16)17)4-3-9(10)5-8;3-2(4,5)1(6)7/h1-7,15H,13H2,(H,16,17);(H,6,7). The Bertz CT molecular complexity index is 775. The van der Waals surface area contributed by atoms with Crippen molar-refractivity contribution >= 4 is 34.7 Å². The number of benzene rings is 2. The molecule has 0 aliphatic carbocycles. The molecule has 128 valence electrons. The van der Waals surface area contributed by atoms with E-state index in [4.69, 9.17) is 20.9 Å². The Hall–Kier alpha value is -3.30. The Kier molecular flexibility index (Phi) is 6.10. The molecule has 2 rings (SSSR count). The number of anilines is 1. The summed E-state index contributed by atoms with van der Waals surface area (Å²) >= 11 is 0. The number of carbonyl (C=O) groups is 2. The van der Waals surface area contributed by atoms with Crippen molar-refractivity contribution in [3.05, 3.63) is 42.0 Å². The molecule has 24 heavy (non-hydrogen) atoms. The Morgan fingerprint density at radius 1 is 1.08 bits per heavy atom. The van der Waals surface area contributed by atoms with Gasteiger partial charge in [0, 0.05) is 5.69 Å². The predicted molar refractivity (Wildman–Crippen MR) is 81.1 cm³/mol. The summed E-state index contributed by atoms with van der Waals surface area (Å²) in [6.45, 7) is 0. The van der Waals surface area contributed by atoms with Crippen LogP contribution in [0.3, 0.4) is 0 Å². The van der Waals surface area contributed by atoms with Gasteiger partial charge in [0.25, 0.3) is 0 Å². The van der Waals surface area contributed by atoms with Crippen LogP contribution in [0.25, 0.3) is 10.8 Å². The number of fused-ring (bicyclic) bond motifs is 1. The van der Waals surface area contributed by atoms with E-state index in [9.17, 15) is 18.0 Å². The maximum atomic E-state index is 10.6. The molecular formula is C14H12F3N3O4. The molecule has 10 heteroatoms. The summed E-state index contributed by atoms with van der Waals surface area (Å²) in [6.07, 6.45) is -4.60. The van der Waals surface area contributed by atoms with Crippen LogP contribution in [0.2, 0.25) is 0 Å². The second kappa shape index (κ2) is 7.81. The molecule has 2 aromatic carbocycles. The molecule has 0 unspecified atom stereocenters. The molecule has 0 aliphatic rings. The van der Waals surface area contributed by atoms with Gasteiger partial charge in [0.15, 0.2) is 0 Å². The molecule has 0 aromatic heterocycles. The van der Waals surface area contributed by atoms with E-state index in [-0.39, 0.29) is 0 Å². The first-order chi connectivity index (χ1) is 11.1. The van der Waals surface area contributed by atoms with Gasteiger partial charge in [-0.3, -0.25) is 5.32 Å². The van der Waals surface area contributed by atoms with Gasteiger partial charge >= 0.3 is 18.2 Å². The minimum absolute atomic E-state index is 0.547. The molecule has 0 saturated carbocycles. The number of nitrogens with zero attached hydrogens (tertiary/aromatic N) is 1. The lowest BCUT2D eigenvalue weighted by molar-refractivity contribution is -0.192. The van der Waals surface area contributed by atoms with Crippen LogP contribution < -0.4 is 11.2 Å². The number of carboxylic acids is 1. The van der Waals surface area contributed by atoms with Crippen molar-refractivity contribution in [3.63, 3.8) is 0 Å².